The molecule has 0 aliphatic heterocycles. The molecule has 2 heterocycles. The number of ketones is 1. The smallest absolute Gasteiger partial charge is 0.150 e. The van der Waals surface area contributed by atoms with Gasteiger partial charge < -0.3 is 0 Å². The molecule has 2 aromatic heterocycles. The van der Waals surface area contributed by atoms with Gasteiger partial charge in [-0.2, -0.15) is 0 Å². The van der Waals surface area contributed by atoms with Gasteiger partial charge in [0.25, 0.3) is 0 Å². The van der Waals surface area contributed by atoms with Crippen molar-refractivity contribution in [3.8, 4) is 0 Å². The zero-order valence-electron chi connectivity index (χ0n) is 14.0. The number of carbonyl (C=O) groups excluding carboxylic acids is 1. The lowest BCUT2D eigenvalue weighted by Gasteiger charge is -2.18. The number of hydrogen-bond acceptors (Lipinski definition) is 5. The Hall–Kier alpha value is -2.17. The molecule has 0 bridgehead atoms. The van der Waals surface area contributed by atoms with Crippen LogP contribution in [0.1, 0.15) is 59.8 Å². The molecule has 0 aromatic carbocycles. The van der Waals surface area contributed by atoms with Gasteiger partial charge in [-0.15, -0.1) is 0 Å². The fraction of sp³-hybridized carbons (Fsp3) is 0.471. The lowest BCUT2D eigenvalue weighted by Crippen LogP contribution is -2.21. The van der Waals surface area contributed by atoms with Gasteiger partial charge in [0.15, 0.2) is 5.78 Å². The summed E-state index contributed by atoms with van der Waals surface area (Å²) in [6.45, 7) is 11.3. The summed E-state index contributed by atoms with van der Waals surface area (Å²) in [6, 6.07) is 0. The van der Waals surface area contributed by atoms with Crippen LogP contribution in [0, 0.1) is 27.7 Å². The summed E-state index contributed by atoms with van der Waals surface area (Å²) < 4.78 is 0. The molecule has 116 valence electrons. The van der Waals surface area contributed by atoms with Crippen molar-refractivity contribution in [3.63, 3.8) is 0 Å². The van der Waals surface area contributed by atoms with Crippen LogP contribution in [0.5, 0.6) is 0 Å². The van der Waals surface area contributed by atoms with E-state index in [9.17, 15) is 4.79 Å². The van der Waals surface area contributed by atoms with E-state index >= 15 is 0 Å². The van der Waals surface area contributed by atoms with E-state index in [-0.39, 0.29) is 17.6 Å². The first-order valence-electron chi connectivity index (χ1n) is 7.45. The number of aryl methyl sites for hydroxylation is 4. The summed E-state index contributed by atoms with van der Waals surface area (Å²) in [5.74, 6) is -0.543. The predicted octanol–water partition coefficient (Wildman–Crippen LogP) is 2.98. The summed E-state index contributed by atoms with van der Waals surface area (Å²) in [5.41, 5.74) is 4.79. The normalized spacial score (nSPS) is 13.7. The maximum Gasteiger partial charge on any atom is 0.150 e. The molecule has 5 nitrogen and oxygen atoms in total. The van der Waals surface area contributed by atoms with Gasteiger partial charge in [-0.25, -0.2) is 0 Å². The Balaban J connectivity index is 2.29. The number of hydrogen-bond donors (Lipinski definition) is 0. The van der Waals surface area contributed by atoms with Gasteiger partial charge in [0.2, 0.25) is 0 Å². The minimum absolute atomic E-state index is 0.0857. The third-order valence-corrected chi connectivity index (χ3v) is 3.88. The molecule has 0 saturated heterocycles. The molecule has 2 aromatic rings. The van der Waals surface area contributed by atoms with Crippen molar-refractivity contribution >= 4 is 5.78 Å². The Labute approximate surface area is 131 Å². The minimum atomic E-state index is -0.314. The van der Waals surface area contributed by atoms with Crippen LogP contribution in [0.25, 0.3) is 0 Å². The van der Waals surface area contributed by atoms with Crippen molar-refractivity contribution in [2.24, 2.45) is 0 Å². The summed E-state index contributed by atoms with van der Waals surface area (Å²) in [6.07, 6.45) is 3.40. The van der Waals surface area contributed by atoms with Gasteiger partial charge in [-0.3, -0.25) is 24.7 Å². The molecule has 0 amide bonds. The SMILES string of the molecule is Cc1cnc(C(C)C(=O)C(C)c2ncc(C)nc2C)c(C)n1. The molecule has 0 aliphatic rings. The largest absolute Gasteiger partial charge is 0.298 e. The maximum atomic E-state index is 12.8. The second-order valence-corrected chi connectivity index (χ2v) is 5.81. The van der Waals surface area contributed by atoms with E-state index in [0.717, 1.165) is 34.2 Å². The van der Waals surface area contributed by atoms with Crippen molar-refractivity contribution in [1.29, 1.82) is 0 Å². The van der Waals surface area contributed by atoms with E-state index in [1.54, 1.807) is 12.4 Å². The molecule has 0 saturated carbocycles. The van der Waals surface area contributed by atoms with Gasteiger partial charge in [0.05, 0.1) is 46.0 Å². The molecule has 2 unspecified atom stereocenters. The van der Waals surface area contributed by atoms with Gasteiger partial charge in [-0.1, -0.05) is 0 Å². The van der Waals surface area contributed by atoms with Crippen LogP contribution in [-0.4, -0.2) is 25.7 Å². The first-order valence-corrected chi connectivity index (χ1v) is 7.45. The maximum absolute atomic E-state index is 12.8. The number of rotatable bonds is 4. The lowest BCUT2D eigenvalue weighted by molar-refractivity contribution is -0.121. The average Bonchev–Trinajstić information content (AvgIpc) is 2.45. The van der Waals surface area contributed by atoms with Gasteiger partial charge in [0.1, 0.15) is 0 Å². The minimum Gasteiger partial charge on any atom is -0.298 e. The number of Topliss-reactive ketones (excluding diaryl/α,β-unsaturated/α-hetero) is 1. The number of carbonyl (C=O) groups is 1. The zero-order valence-corrected chi connectivity index (χ0v) is 14.0. The van der Waals surface area contributed by atoms with Crippen LogP contribution in [0.3, 0.4) is 0 Å². The fourth-order valence-corrected chi connectivity index (χ4v) is 2.71. The van der Waals surface area contributed by atoms with Crippen molar-refractivity contribution in [3.05, 3.63) is 46.6 Å². The van der Waals surface area contributed by atoms with Crippen LogP contribution >= 0.6 is 0 Å². The Morgan fingerprint density at radius 2 is 1.18 bits per heavy atom. The van der Waals surface area contributed by atoms with Crippen molar-refractivity contribution in [1.82, 2.24) is 19.9 Å². The Morgan fingerprint density at radius 3 is 1.50 bits per heavy atom. The Morgan fingerprint density at radius 1 is 0.818 bits per heavy atom. The van der Waals surface area contributed by atoms with E-state index in [0.29, 0.717) is 0 Å². The molecule has 5 heteroatoms. The highest BCUT2D eigenvalue weighted by atomic mass is 16.1. The highest BCUT2D eigenvalue weighted by Crippen LogP contribution is 2.26. The molecular weight excluding hydrogens is 276 g/mol. The van der Waals surface area contributed by atoms with Gasteiger partial charge in [-0.05, 0) is 41.5 Å². The topological polar surface area (TPSA) is 68.6 Å². The van der Waals surface area contributed by atoms with Gasteiger partial charge in [0, 0.05) is 12.4 Å². The highest BCUT2D eigenvalue weighted by Gasteiger charge is 2.27. The van der Waals surface area contributed by atoms with E-state index in [4.69, 9.17) is 0 Å². The van der Waals surface area contributed by atoms with Crippen LogP contribution in [0.4, 0.5) is 0 Å². The van der Waals surface area contributed by atoms with Crippen molar-refractivity contribution < 1.29 is 4.79 Å². The van der Waals surface area contributed by atoms with E-state index in [1.165, 1.54) is 0 Å². The molecule has 0 aliphatic carbocycles. The molecule has 2 atom stereocenters. The van der Waals surface area contributed by atoms with E-state index < -0.39 is 0 Å². The second-order valence-electron chi connectivity index (χ2n) is 5.81. The predicted molar refractivity (Wildman–Crippen MR) is 84.8 cm³/mol. The molecule has 22 heavy (non-hydrogen) atoms. The quantitative estimate of drug-likeness (QED) is 0.868. The summed E-state index contributed by atoms with van der Waals surface area (Å²) >= 11 is 0. The molecule has 0 spiro atoms. The third-order valence-electron chi connectivity index (χ3n) is 3.88. The molecule has 0 N–H and O–H groups in total. The van der Waals surface area contributed by atoms with Crippen LogP contribution in [0.2, 0.25) is 0 Å². The standard InChI is InChI=1S/C17H22N4O/c1-9-7-18-15(13(5)20-9)11(3)17(22)12(4)16-14(6)21-10(2)8-19-16/h7-8,11-12H,1-6H3. The lowest BCUT2D eigenvalue weighted by atomic mass is 9.89. The summed E-state index contributed by atoms with van der Waals surface area (Å²) in [7, 11) is 0. The number of nitrogens with zero attached hydrogens (tertiary/aromatic N) is 4. The fourth-order valence-electron chi connectivity index (χ4n) is 2.71. The van der Waals surface area contributed by atoms with Crippen LogP contribution in [-0.2, 0) is 4.79 Å². The highest BCUT2D eigenvalue weighted by molar-refractivity contribution is 5.90. The third kappa shape index (κ3) is 3.18. The zero-order chi connectivity index (χ0) is 16.4. The summed E-state index contributed by atoms with van der Waals surface area (Å²) in [4.78, 5) is 30.4. The summed E-state index contributed by atoms with van der Waals surface area (Å²) in [5, 5.41) is 0. The van der Waals surface area contributed by atoms with Gasteiger partial charge >= 0.3 is 0 Å². The van der Waals surface area contributed by atoms with Crippen LogP contribution < -0.4 is 0 Å². The molecule has 0 radical (unpaired) electrons. The Kier molecular flexibility index (Phi) is 4.64. The average molecular weight is 298 g/mol. The van der Waals surface area contributed by atoms with Crippen molar-refractivity contribution in [2.45, 2.75) is 53.4 Å². The molecular formula is C17H22N4O. The molecule has 0 fully saturated rings. The Bertz CT molecular complexity index is 652. The first kappa shape index (κ1) is 16.2. The van der Waals surface area contributed by atoms with Crippen molar-refractivity contribution in [2.75, 3.05) is 0 Å². The van der Waals surface area contributed by atoms with Crippen LogP contribution in [0.15, 0.2) is 12.4 Å². The van der Waals surface area contributed by atoms with E-state index in [1.807, 2.05) is 41.5 Å². The number of aromatic nitrogens is 4. The molecule has 2 rings (SSSR count). The van der Waals surface area contributed by atoms with E-state index in [2.05, 4.69) is 19.9 Å². The first-order chi connectivity index (χ1) is 10.3. The monoisotopic (exact) mass is 298 g/mol. The second kappa shape index (κ2) is 6.30.